The summed E-state index contributed by atoms with van der Waals surface area (Å²) in [6.07, 6.45) is 4.26. The van der Waals surface area contributed by atoms with Crippen LogP contribution in [0.25, 0.3) is 0 Å². The average molecular weight is 343 g/mol. The molecule has 4 heteroatoms. The Hall–Kier alpha value is 0.0687. The fourth-order valence-electron chi connectivity index (χ4n) is 0.729. The molecule has 0 aromatic carbocycles. The van der Waals surface area contributed by atoms with E-state index in [9.17, 15) is 13.2 Å². The van der Waals surface area contributed by atoms with Gasteiger partial charge in [0.2, 0.25) is 0 Å². The first kappa shape index (κ1) is 21.4. The van der Waals surface area contributed by atoms with Crippen molar-refractivity contribution in [3.05, 3.63) is 25.6 Å². The first-order valence-corrected chi connectivity index (χ1v) is 9.52. The predicted octanol–water partition coefficient (Wildman–Crippen LogP) is 5.62. The van der Waals surface area contributed by atoms with E-state index in [2.05, 4.69) is 27.0 Å². The predicted molar refractivity (Wildman–Crippen MR) is 67.8 cm³/mol. The van der Waals surface area contributed by atoms with Gasteiger partial charge in [0, 0.05) is 0 Å². The van der Waals surface area contributed by atoms with Gasteiger partial charge in [0.1, 0.15) is 0 Å². The molecule has 0 heterocycles. The second-order valence-corrected chi connectivity index (χ2v) is 7.23. The van der Waals surface area contributed by atoms with Crippen molar-refractivity contribution in [1.29, 1.82) is 0 Å². The van der Waals surface area contributed by atoms with Crippen molar-refractivity contribution in [2.75, 3.05) is 0 Å². The fraction of sp³-hybridized carbons (Fsp3) is 0.667. The Morgan fingerprint density at radius 2 is 1.38 bits per heavy atom. The molecule has 0 unspecified atom stereocenters. The van der Waals surface area contributed by atoms with Crippen LogP contribution in [-0.2, 0) is 0 Å². The summed E-state index contributed by atoms with van der Waals surface area (Å²) in [7, 11) is 0. The third kappa shape index (κ3) is 65.2. The van der Waals surface area contributed by atoms with E-state index in [1.807, 2.05) is 0 Å². The molecule has 16 heavy (non-hydrogen) atoms. The molecule has 0 aliphatic carbocycles. The first-order chi connectivity index (χ1) is 7.56. The molecular formula is C12H23F3Sn. The summed E-state index contributed by atoms with van der Waals surface area (Å²) in [5, 5.41) is 0. The van der Waals surface area contributed by atoms with Crippen molar-refractivity contribution in [1.82, 2.24) is 0 Å². The second-order valence-electron chi connectivity index (χ2n) is 2.95. The molecule has 0 N–H and O–H groups in total. The van der Waals surface area contributed by atoms with Gasteiger partial charge in [-0.15, -0.1) is 0 Å². The molecule has 0 nitrogen and oxygen atoms in total. The summed E-state index contributed by atoms with van der Waals surface area (Å²) in [6, 6.07) is 0. The van der Waals surface area contributed by atoms with E-state index < -0.39 is 6.08 Å². The molecule has 0 aromatic rings. The van der Waals surface area contributed by atoms with Crippen molar-refractivity contribution in [2.45, 2.75) is 48.4 Å². The van der Waals surface area contributed by atoms with Gasteiger partial charge < -0.3 is 0 Å². The molecule has 0 atom stereocenters. The zero-order valence-electron chi connectivity index (χ0n) is 10.4. The Morgan fingerprint density at radius 3 is 1.56 bits per heavy atom. The Bertz CT molecular complexity index is 128. The van der Waals surface area contributed by atoms with Gasteiger partial charge in [-0.3, -0.25) is 0 Å². The SMILES string of the molecule is C=C(F)F.C=CF.CCC[CH2][Sn][CH2]CCC. The zero-order valence-corrected chi connectivity index (χ0v) is 13.2. The summed E-state index contributed by atoms with van der Waals surface area (Å²) in [4.78, 5) is 0. The second kappa shape index (κ2) is 24.3. The van der Waals surface area contributed by atoms with Crippen LogP contribution in [0.4, 0.5) is 13.2 Å². The standard InChI is InChI=1S/2C4H9.C2H2F2.C2H3F.Sn/c2*1-3-4-2;1-2(3)4;1-2-3;/h2*1,3-4H2,2H3;1H2;2H,1H2;. The molecular weight excluding hydrogens is 320 g/mol. The molecule has 2 radical (unpaired) electrons. The number of hydrogen-bond donors (Lipinski definition) is 0. The average Bonchev–Trinajstić information content (AvgIpc) is 2.18. The van der Waals surface area contributed by atoms with E-state index in [0.717, 1.165) is 0 Å². The van der Waals surface area contributed by atoms with Gasteiger partial charge in [-0.25, -0.2) is 4.39 Å². The van der Waals surface area contributed by atoms with Crippen LogP contribution in [0.15, 0.2) is 25.6 Å². The van der Waals surface area contributed by atoms with E-state index in [4.69, 9.17) is 0 Å². The topological polar surface area (TPSA) is 0 Å². The normalized spacial score (nSPS) is 8.06. The molecule has 0 bridgehead atoms. The van der Waals surface area contributed by atoms with Crippen LogP contribution in [0.2, 0.25) is 8.87 Å². The van der Waals surface area contributed by atoms with Crippen molar-refractivity contribution in [2.24, 2.45) is 0 Å². The quantitative estimate of drug-likeness (QED) is 0.434. The van der Waals surface area contributed by atoms with E-state index in [1.165, 1.54) is 25.7 Å². The summed E-state index contributed by atoms with van der Waals surface area (Å²) in [6.45, 7) is 9.50. The Balaban J connectivity index is -0.000000201. The van der Waals surface area contributed by atoms with Crippen LogP contribution in [0.5, 0.6) is 0 Å². The Kier molecular flexibility index (Phi) is 32.5. The fourth-order valence-corrected chi connectivity index (χ4v) is 4.89. The van der Waals surface area contributed by atoms with E-state index in [1.54, 1.807) is 8.87 Å². The maximum absolute atomic E-state index is 10.1. The number of unbranched alkanes of at least 4 members (excludes halogenated alkanes) is 2. The molecule has 0 fully saturated rings. The van der Waals surface area contributed by atoms with Crippen LogP contribution >= 0.6 is 0 Å². The monoisotopic (exact) mass is 344 g/mol. The molecule has 0 saturated heterocycles. The summed E-state index contributed by atoms with van der Waals surface area (Å²) in [5.74, 6) is 0. The Morgan fingerprint density at radius 1 is 1.12 bits per heavy atom. The van der Waals surface area contributed by atoms with Gasteiger partial charge in [-0.05, 0) is 6.58 Å². The minimum atomic E-state index is -1.83. The van der Waals surface area contributed by atoms with Gasteiger partial charge in [0.05, 0.1) is 6.33 Å². The number of halogens is 3. The maximum atomic E-state index is 10.1. The van der Waals surface area contributed by atoms with Crippen LogP contribution in [0.3, 0.4) is 0 Å². The van der Waals surface area contributed by atoms with Crippen LogP contribution < -0.4 is 0 Å². The van der Waals surface area contributed by atoms with Gasteiger partial charge in [0.25, 0.3) is 6.08 Å². The summed E-state index contributed by atoms with van der Waals surface area (Å²) in [5.41, 5.74) is 0. The number of rotatable bonds is 6. The van der Waals surface area contributed by atoms with Crippen molar-refractivity contribution < 1.29 is 13.2 Å². The third-order valence-electron chi connectivity index (χ3n) is 1.41. The third-order valence-corrected chi connectivity index (χ3v) is 5.45. The summed E-state index contributed by atoms with van der Waals surface area (Å²) < 4.78 is 33.6. The van der Waals surface area contributed by atoms with E-state index in [-0.39, 0.29) is 27.5 Å². The van der Waals surface area contributed by atoms with Gasteiger partial charge in [0.15, 0.2) is 0 Å². The van der Waals surface area contributed by atoms with Gasteiger partial charge in [-0.1, -0.05) is 6.58 Å². The van der Waals surface area contributed by atoms with Crippen molar-refractivity contribution >= 4 is 21.1 Å². The molecule has 0 amide bonds. The molecule has 0 saturated carbocycles. The first-order valence-electron chi connectivity index (χ1n) is 5.48. The van der Waals surface area contributed by atoms with Crippen LogP contribution in [-0.4, -0.2) is 21.1 Å². The molecule has 0 rings (SSSR count). The minimum absolute atomic E-state index is 0.149. The molecule has 96 valence electrons. The molecule has 0 aromatic heterocycles. The van der Waals surface area contributed by atoms with E-state index >= 15 is 0 Å². The van der Waals surface area contributed by atoms with Crippen molar-refractivity contribution in [3.63, 3.8) is 0 Å². The number of hydrogen-bond acceptors (Lipinski definition) is 0. The molecule has 0 aliphatic rings. The van der Waals surface area contributed by atoms with Crippen molar-refractivity contribution in [3.8, 4) is 0 Å². The van der Waals surface area contributed by atoms with Crippen LogP contribution in [0, 0.1) is 0 Å². The molecule has 0 aliphatic heterocycles. The zero-order chi connectivity index (χ0) is 13.2. The summed E-state index contributed by atoms with van der Waals surface area (Å²) >= 11 is 0.149. The van der Waals surface area contributed by atoms with Gasteiger partial charge in [-0.2, -0.15) is 8.78 Å². The van der Waals surface area contributed by atoms with Crippen LogP contribution in [0.1, 0.15) is 39.5 Å². The van der Waals surface area contributed by atoms with E-state index in [0.29, 0.717) is 0 Å². The molecule has 0 spiro atoms. The Labute approximate surface area is 108 Å². The van der Waals surface area contributed by atoms with Gasteiger partial charge >= 0.3 is 69.5 Å².